The molecule has 158 valence electrons. The first-order valence-corrected chi connectivity index (χ1v) is 11.6. The molecular formula is C28H41N. The highest BCUT2D eigenvalue weighted by atomic mass is 14.6. The van der Waals surface area contributed by atoms with Gasteiger partial charge in [0, 0.05) is 12.4 Å². The van der Waals surface area contributed by atoms with Crippen molar-refractivity contribution in [2.24, 2.45) is 17.3 Å². The van der Waals surface area contributed by atoms with Crippen molar-refractivity contribution in [3.05, 3.63) is 78.6 Å². The van der Waals surface area contributed by atoms with Gasteiger partial charge in [-0.25, -0.2) is 0 Å². The molecule has 1 aromatic carbocycles. The molecule has 29 heavy (non-hydrogen) atoms. The summed E-state index contributed by atoms with van der Waals surface area (Å²) in [6, 6.07) is 13.2. The van der Waals surface area contributed by atoms with Crippen molar-refractivity contribution in [2.75, 3.05) is 0 Å². The van der Waals surface area contributed by atoms with Crippen LogP contribution < -0.4 is 0 Å². The molecule has 4 atom stereocenters. The van der Waals surface area contributed by atoms with Crippen LogP contribution in [0.2, 0.25) is 0 Å². The van der Waals surface area contributed by atoms with Crippen LogP contribution in [0.4, 0.5) is 0 Å². The number of rotatable bonds is 0. The van der Waals surface area contributed by atoms with Crippen molar-refractivity contribution in [1.82, 2.24) is 4.98 Å². The number of aryl methyl sites for hydroxylation is 2. The number of pyridine rings is 1. The van der Waals surface area contributed by atoms with Gasteiger partial charge in [-0.05, 0) is 91.4 Å². The van der Waals surface area contributed by atoms with Gasteiger partial charge in [0.15, 0.2) is 0 Å². The lowest BCUT2D eigenvalue weighted by atomic mass is 9.56. The molecule has 0 N–H and O–H groups in total. The first-order valence-electron chi connectivity index (χ1n) is 11.6. The minimum atomic E-state index is 0.702. The minimum absolute atomic E-state index is 0.702. The van der Waals surface area contributed by atoms with E-state index in [2.05, 4.69) is 49.3 Å². The summed E-state index contributed by atoms with van der Waals surface area (Å²) in [5.41, 5.74) is 5.28. The molecule has 0 saturated heterocycles. The van der Waals surface area contributed by atoms with Crippen molar-refractivity contribution in [3.63, 3.8) is 0 Å². The van der Waals surface area contributed by atoms with E-state index in [4.69, 9.17) is 0 Å². The van der Waals surface area contributed by atoms with Crippen molar-refractivity contribution in [1.29, 1.82) is 0 Å². The molecule has 1 heteroatoms. The minimum Gasteiger partial charge on any atom is -0.264 e. The molecule has 1 aromatic heterocycles. The third-order valence-corrected chi connectivity index (χ3v) is 7.23. The third kappa shape index (κ3) is 5.38. The molecule has 1 nitrogen and oxygen atoms in total. The van der Waals surface area contributed by atoms with E-state index >= 15 is 0 Å². The average Bonchev–Trinajstić information content (AvgIpc) is 3.19. The summed E-state index contributed by atoms with van der Waals surface area (Å²) < 4.78 is 0. The number of aromatic nitrogens is 1. The summed E-state index contributed by atoms with van der Waals surface area (Å²) in [5.74, 6) is 2.93. The summed E-state index contributed by atoms with van der Waals surface area (Å²) >= 11 is 0. The molecule has 4 unspecified atom stereocenters. The second kappa shape index (κ2) is 11.3. The first kappa shape index (κ1) is 23.4. The van der Waals surface area contributed by atoms with E-state index in [-0.39, 0.29) is 0 Å². The first-order chi connectivity index (χ1) is 14.2. The number of benzene rings is 1. The second-order valence-corrected chi connectivity index (χ2v) is 8.73. The Morgan fingerprint density at radius 1 is 0.966 bits per heavy atom. The number of hydrogen-bond acceptors (Lipinski definition) is 1. The van der Waals surface area contributed by atoms with E-state index in [1.807, 2.05) is 39.1 Å². The third-order valence-electron chi connectivity index (χ3n) is 7.23. The predicted octanol–water partition coefficient (Wildman–Crippen LogP) is 8.15. The van der Waals surface area contributed by atoms with Gasteiger partial charge in [-0.2, -0.15) is 0 Å². The molecule has 3 aliphatic rings. The normalized spacial score (nSPS) is 28.5. The molecule has 0 bridgehead atoms. The fourth-order valence-electron chi connectivity index (χ4n) is 5.96. The van der Waals surface area contributed by atoms with Crippen LogP contribution in [0.15, 0.2) is 61.9 Å². The van der Waals surface area contributed by atoms with Crippen molar-refractivity contribution < 1.29 is 0 Å². The molecule has 0 aliphatic heterocycles. The second-order valence-electron chi connectivity index (χ2n) is 8.73. The predicted molar refractivity (Wildman–Crippen MR) is 127 cm³/mol. The Morgan fingerprint density at radius 3 is 2.38 bits per heavy atom. The van der Waals surface area contributed by atoms with E-state index in [1.54, 1.807) is 17.3 Å². The molecule has 0 amide bonds. The van der Waals surface area contributed by atoms with Gasteiger partial charge >= 0.3 is 0 Å². The number of nitrogens with zero attached hydrogens (tertiary/aromatic N) is 1. The van der Waals surface area contributed by atoms with Crippen LogP contribution in [-0.4, -0.2) is 4.98 Å². The topological polar surface area (TPSA) is 12.9 Å². The van der Waals surface area contributed by atoms with Crippen molar-refractivity contribution in [2.45, 2.75) is 78.6 Å². The summed E-state index contributed by atoms with van der Waals surface area (Å²) in [6.07, 6.45) is 13.8. The fraction of sp³-hybridized carbons (Fsp3) is 0.536. The highest BCUT2D eigenvalue weighted by molar-refractivity contribution is 5.34. The molecule has 0 radical (unpaired) electrons. The maximum Gasteiger partial charge on any atom is 0.0297 e. The van der Waals surface area contributed by atoms with Gasteiger partial charge in [0.1, 0.15) is 0 Å². The van der Waals surface area contributed by atoms with Crippen LogP contribution >= 0.6 is 0 Å². The Balaban J connectivity index is 0.000000230. The van der Waals surface area contributed by atoms with Crippen LogP contribution in [-0.2, 0) is 6.42 Å². The standard InChI is InChI=1S/C18H24.C6H7N.C2H6.C2H4/c1-18-11-4-7-17(18)16-9-8-13-5-2-3-6-14(13)15(16)10-12-18;1-6-3-2-4-7-5-6;2*1-2/h2-3,5-6,15-17H,4,7-12H2,1H3;2-5H,1H3;1-2H3;1-2H2. The smallest absolute Gasteiger partial charge is 0.0297 e. The molecule has 2 saturated carbocycles. The van der Waals surface area contributed by atoms with E-state index in [0.717, 1.165) is 17.8 Å². The van der Waals surface area contributed by atoms with Gasteiger partial charge in [0.25, 0.3) is 0 Å². The van der Waals surface area contributed by atoms with Crippen molar-refractivity contribution in [3.8, 4) is 0 Å². The molecular weight excluding hydrogens is 350 g/mol. The number of hydrogen-bond donors (Lipinski definition) is 0. The van der Waals surface area contributed by atoms with Gasteiger partial charge in [0.2, 0.25) is 0 Å². The quantitative estimate of drug-likeness (QED) is 0.413. The van der Waals surface area contributed by atoms with Gasteiger partial charge in [-0.3, -0.25) is 4.98 Å². The Labute approximate surface area is 179 Å². The maximum absolute atomic E-state index is 3.88. The fourth-order valence-corrected chi connectivity index (χ4v) is 5.96. The van der Waals surface area contributed by atoms with Gasteiger partial charge in [-0.1, -0.05) is 57.5 Å². The molecule has 0 spiro atoms. The zero-order valence-corrected chi connectivity index (χ0v) is 19.2. The lowest BCUT2D eigenvalue weighted by Crippen LogP contribution is -2.39. The monoisotopic (exact) mass is 391 g/mol. The van der Waals surface area contributed by atoms with Gasteiger partial charge in [0.05, 0.1) is 0 Å². The number of fused-ring (bicyclic) bond motifs is 5. The van der Waals surface area contributed by atoms with Crippen LogP contribution in [0.5, 0.6) is 0 Å². The van der Waals surface area contributed by atoms with Crippen LogP contribution in [0.1, 0.15) is 81.9 Å². The zero-order valence-electron chi connectivity index (χ0n) is 19.2. The lowest BCUT2D eigenvalue weighted by Gasteiger charge is -2.49. The molecule has 5 rings (SSSR count). The van der Waals surface area contributed by atoms with E-state index < -0.39 is 0 Å². The highest BCUT2D eigenvalue weighted by Gasteiger charge is 2.49. The molecule has 2 fully saturated rings. The summed E-state index contributed by atoms with van der Waals surface area (Å²) in [5, 5.41) is 0. The Morgan fingerprint density at radius 2 is 1.72 bits per heavy atom. The Hall–Kier alpha value is -1.89. The van der Waals surface area contributed by atoms with Crippen LogP contribution in [0, 0.1) is 24.2 Å². The maximum atomic E-state index is 3.88. The molecule has 3 aliphatic carbocycles. The summed E-state index contributed by atoms with van der Waals surface area (Å²) in [7, 11) is 0. The van der Waals surface area contributed by atoms with Gasteiger partial charge in [-0.15, -0.1) is 13.2 Å². The highest BCUT2D eigenvalue weighted by Crippen LogP contribution is 2.60. The van der Waals surface area contributed by atoms with Crippen LogP contribution in [0.3, 0.4) is 0 Å². The SMILES string of the molecule is C=C.CC.CC12CCCC1C1CCc3ccccc3C1CC2.Cc1cccnc1. The molecule has 1 heterocycles. The average molecular weight is 392 g/mol. The Bertz CT molecular complexity index is 722. The largest absolute Gasteiger partial charge is 0.264 e. The van der Waals surface area contributed by atoms with Gasteiger partial charge < -0.3 is 0 Å². The Kier molecular flexibility index (Phi) is 9.14. The zero-order chi connectivity index (χ0) is 21.3. The van der Waals surface area contributed by atoms with Crippen LogP contribution in [0.25, 0.3) is 0 Å². The molecule has 2 aromatic rings. The summed E-state index contributed by atoms with van der Waals surface area (Å²) in [6.45, 7) is 14.6. The lowest BCUT2D eigenvalue weighted by molar-refractivity contribution is 0.0598. The van der Waals surface area contributed by atoms with Crippen molar-refractivity contribution >= 4 is 0 Å². The van der Waals surface area contributed by atoms with E-state index in [9.17, 15) is 0 Å². The summed E-state index contributed by atoms with van der Waals surface area (Å²) in [4.78, 5) is 3.88. The van der Waals surface area contributed by atoms with E-state index in [0.29, 0.717) is 5.41 Å². The van der Waals surface area contributed by atoms with E-state index in [1.165, 1.54) is 50.5 Å².